The Labute approximate surface area is 180 Å². The highest BCUT2D eigenvalue weighted by molar-refractivity contribution is 5.73. The number of phenolic OH excluding ortho intramolecular Hbond substituents is 1. The quantitative estimate of drug-likeness (QED) is 0.672. The van der Waals surface area contributed by atoms with E-state index in [2.05, 4.69) is 20.6 Å². The van der Waals surface area contributed by atoms with Crippen molar-refractivity contribution >= 4 is 5.82 Å². The fraction of sp³-hybridized carbons (Fsp3) is 0.435. The Kier molecular flexibility index (Phi) is 5.09. The Balaban J connectivity index is 1.35. The predicted molar refractivity (Wildman–Crippen MR) is 118 cm³/mol. The predicted octanol–water partition coefficient (Wildman–Crippen LogP) is 3.31. The average Bonchev–Trinajstić information content (AvgIpc) is 3.22. The van der Waals surface area contributed by atoms with Gasteiger partial charge in [-0.15, -0.1) is 10.2 Å². The molecule has 0 saturated carbocycles. The number of aryl methyl sites for hydroxylation is 1. The number of nitrogens with one attached hydrogen (secondary N) is 1. The van der Waals surface area contributed by atoms with Crippen molar-refractivity contribution in [2.75, 3.05) is 11.9 Å². The fourth-order valence-electron chi connectivity index (χ4n) is 4.88. The third kappa shape index (κ3) is 3.76. The van der Waals surface area contributed by atoms with E-state index in [1.165, 1.54) is 0 Å². The number of phenols is 1. The molecule has 2 N–H and O–H groups in total. The van der Waals surface area contributed by atoms with Crippen LogP contribution in [0.4, 0.5) is 10.2 Å². The summed E-state index contributed by atoms with van der Waals surface area (Å²) in [6.07, 6.45) is 6.59. The van der Waals surface area contributed by atoms with Crippen LogP contribution in [0.1, 0.15) is 25.7 Å². The third-order valence-electron chi connectivity index (χ3n) is 6.62. The highest BCUT2D eigenvalue weighted by Gasteiger charge is 2.41. The number of anilines is 1. The van der Waals surface area contributed by atoms with Crippen molar-refractivity contribution in [3.63, 3.8) is 0 Å². The van der Waals surface area contributed by atoms with E-state index >= 15 is 4.39 Å². The number of piperidine rings is 2. The minimum Gasteiger partial charge on any atom is -0.507 e. The molecule has 3 aromatic rings. The number of hydrogen-bond donors (Lipinski definition) is 2. The molecule has 2 aliphatic rings. The second kappa shape index (κ2) is 7.92. The Morgan fingerprint density at radius 3 is 2.74 bits per heavy atom. The van der Waals surface area contributed by atoms with E-state index in [4.69, 9.17) is 0 Å². The summed E-state index contributed by atoms with van der Waals surface area (Å²) in [5.41, 5.74) is 2.99. The Morgan fingerprint density at radius 2 is 2.03 bits per heavy atom. The van der Waals surface area contributed by atoms with Gasteiger partial charge in [0.2, 0.25) is 0 Å². The van der Waals surface area contributed by atoms with Gasteiger partial charge < -0.3 is 15.3 Å². The van der Waals surface area contributed by atoms with Crippen molar-refractivity contribution in [1.82, 2.24) is 25.3 Å². The van der Waals surface area contributed by atoms with Crippen molar-refractivity contribution in [1.29, 1.82) is 0 Å². The second-order valence-electron chi connectivity index (χ2n) is 8.67. The summed E-state index contributed by atoms with van der Waals surface area (Å²) in [5.74, 6) is 0.773. The molecule has 2 fully saturated rings. The maximum absolute atomic E-state index is 15.0. The fourth-order valence-corrected chi connectivity index (χ4v) is 4.88. The SMILES string of the molecule is CN(c1ccc(-c2ccc(-c3cnn(C)c3)cc2O)nn1)[C@@H]1C[C@H]2CCC[C@H](N2)[C@H]1F. The zero-order chi connectivity index (χ0) is 21.5. The van der Waals surface area contributed by atoms with Crippen LogP contribution in [0.2, 0.25) is 0 Å². The minimum absolute atomic E-state index is 0.0672. The van der Waals surface area contributed by atoms with Crippen molar-refractivity contribution < 1.29 is 9.50 Å². The molecule has 4 heterocycles. The molecule has 0 spiro atoms. The normalized spacial score (nSPS) is 25.4. The summed E-state index contributed by atoms with van der Waals surface area (Å²) < 4.78 is 16.8. The lowest BCUT2D eigenvalue weighted by Gasteiger charge is -2.46. The molecule has 8 heteroatoms. The van der Waals surface area contributed by atoms with Crippen LogP contribution in [-0.4, -0.2) is 56.4 Å². The molecule has 2 aromatic heterocycles. The molecule has 4 atom stereocenters. The number of alkyl halides is 1. The number of nitrogens with zero attached hydrogens (tertiary/aromatic N) is 5. The largest absolute Gasteiger partial charge is 0.507 e. The molecule has 0 unspecified atom stereocenters. The third-order valence-corrected chi connectivity index (χ3v) is 6.62. The molecule has 2 saturated heterocycles. The lowest BCUT2D eigenvalue weighted by molar-refractivity contribution is 0.107. The number of halogens is 1. The van der Waals surface area contributed by atoms with Gasteiger partial charge in [0.15, 0.2) is 5.82 Å². The van der Waals surface area contributed by atoms with Crippen LogP contribution in [0.25, 0.3) is 22.4 Å². The maximum atomic E-state index is 15.0. The van der Waals surface area contributed by atoms with Crippen LogP contribution in [0.5, 0.6) is 5.75 Å². The van der Waals surface area contributed by atoms with Gasteiger partial charge >= 0.3 is 0 Å². The zero-order valence-electron chi connectivity index (χ0n) is 17.7. The molecule has 162 valence electrons. The number of fused-ring (bicyclic) bond motifs is 2. The lowest BCUT2D eigenvalue weighted by Crippen LogP contribution is -2.61. The Bertz CT molecular complexity index is 1070. The molecule has 2 bridgehead atoms. The molecule has 31 heavy (non-hydrogen) atoms. The number of hydrogen-bond acceptors (Lipinski definition) is 6. The Hall–Kier alpha value is -3.00. The monoisotopic (exact) mass is 422 g/mol. The molecule has 0 amide bonds. The van der Waals surface area contributed by atoms with E-state index in [9.17, 15) is 5.11 Å². The first-order chi connectivity index (χ1) is 15.0. The van der Waals surface area contributed by atoms with Gasteiger partial charge in [-0.3, -0.25) is 4.68 Å². The van der Waals surface area contributed by atoms with E-state index in [0.717, 1.165) is 36.8 Å². The van der Waals surface area contributed by atoms with Crippen LogP contribution in [0, 0.1) is 0 Å². The van der Waals surface area contributed by atoms with Crippen LogP contribution >= 0.6 is 0 Å². The van der Waals surface area contributed by atoms with Gasteiger partial charge in [-0.1, -0.05) is 12.5 Å². The first-order valence-electron chi connectivity index (χ1n) is 10.8. The molecule has 2 aliphatic heterocycles. The summed E-state index contributed by atoms with van der Waals surface area (Å²) in [6.45, 7) is 0. The molecule has 7 nitrogen and oxygen atoms in total. The van der Waals surface area contributed by atoms with Gasteiger partial charge in [-0.25, -0.2) is 4.39 Å². The smallest absolute Gasteiger partial charge is 0.151 e. The topological polar surface area (TPSA) is 79.1 Å². The highest BCUT2D eigenvalue weighted by Crippen LogP contribution is 2.34. The van der Waals surface area contributed by atoms with Gasteiger partial charge in [-0.05, 0) is 49.1 Å². The van der Waals surface area contributed by atoms with E-state index < -0.39 is 6.17 Å². The van der Waals surface area contributed by atoms with Crippen molar-refractivity contribution in [3.05, 3.63) is 42.7 Å². The first kappa shape index (κ1) is 19.9. The van der Waals surface area contributed by atoms with E-state index in [-0.39, 0.29) is 17.8 Å². The lowest BCUT2D eigenvalue weighted by atomic mass is 9.82. The second-order valence-corrected chi connectivity index (χ2v) is 8.67. The summed E-state index contributed by atoms with van der Waals surface area (Å²) in [4.78, 5) is 1.92. The molecular formula is C23H27FN6O. The van der Waals surface area contributed by atoms with E-state index in [1.807, 2.05) is 49.5 Å². The maximum Gasteiger partial charge on any atom is 0.151 e. The molecule has 5 rings (SSSR count). The summed E-state index contributed by atoms with van der Waals surface area (Å²) in [6, 6.07) is 9.24. The van der Waals surface area contributed by atoms with E-state index in [0.29, 0.717) is 23.1 Å². The van der Waals surface area contributed by atoms with Crippen LogP contribution < -0.4 is 10.2 Å². The van der Waals surface area contributed by atoms with E-state index in [1.54, 1.807) is 16.9 Å². The molecular weight excluding hydrogens is 395 g/mol. The van der Waals surface area contributed by atoms with Gasteiger partial charge in [0.25, 0.3) is 0 Å². The van der Waals surface area contributed by atoms with Crippen molar-refractivity contribution in [2.45, 2.75) is 50.0 Å². The first-order valence-corrected chi connectivity index (χ1v) is 10.8. The van der Waals surface area contributed by atoms with Crippen LogP contribution in [-0.2, 0) is 7.05 Å². The zero-order valence-corrected chi connectivity index (χ0v) is 17.7. The summed E-state index contributed by atoms with van der Waals surface area (Å²) in [7, 11) is 3.75. The number of aromatic nitrogens is 4. The molecule has 0 radical (unpaired) electrons. The molecule has 1 aromatic carbocycles. The van der Waals surface area contributed by atoms with Gasteiger partial charge in [0.1, 0.15) is 11.9 Å². The van der Waals surface area contributed by atoms with Gasteiger partial charge in [-0.2, -0.15) is 5.10 Å². The summed E-state index contributed by atoms with van der Waals surface area (Å²) in [5, 5.41) is 26.8. The minimum atomic E-state index is -0.924. The number of aromatic hydroxyl groups is 1. The van der Waals surface area contributed by atoms with Crippen molar-refractivity contribution in [3.8, 4) is 28.1 Å². The standard InChI is InChI=1S/C23H27FN6O/c1-29-13-15(12-25-29)14-6-7-17(21(31)10-14)18-8-9-22(28-27-18)30(2)20-11-16-4-3-5-19(26-16)23(20)24/h6-10,12-13,16,19-20,23,26,31H,3-5,11H2,1-2H3/t16-,19+,20-,23-/m1/s1. The highest BCUT2D eigenvalue weighted by atomic mass is 19.1. The van der Waals surface area contributed by atoms with Gasteiger partial charge in [0, 0.05) is 43.5 Å². The summed E-state index contributed by atoms with van der Waals surface area (Å²) >= 11 is 0. The average molecular weight is 423 g/mol. The van der Waals surface area contributed by atoms with Crippen LogP contribution in [0.15, 0.2) is 42.7 Å². The Morgan fingerprint density at radius 1 is 1.16 bits per heavy atom. The van der Waals surface area contributed by atoms with Crippen LogP contribution in [0.3, 0.4) is 0 Å². The number of rotatable bonds is 4. The molecule has 0 aliphatic carbocycles. The number of benzene rings is 1. The van der Waals surface area contributed by atoms with Crippen molar-refractivity contribution in [2.24, 2.45) is 7.05 Å². The van der Waals surface area contributed by atoms with Gasteiger partial charge in [0.05, 0.1) is 17.9 Å².